The van der Waals surface area contributed by atoms with Crippen LogP contribution < -0.4 is 14.8 Å². The van der Waals surface area contributed by atoms with Crippen molar-refractivity contribution in [3.63, 3.8) is 0 Å². The number of hydrogen-bond donors (Lipinski definition) is 2. The zero-order valence-electron chi connectivity index (χ0n) is 18.8. The van der Waals surface area contributed by atoms with Crippen LogP contribution >= 0.6 is 0 Å². The van der Waals surface area contributed by atoms with Gasteiger partial charge in [0.25, 0.3) is 5.91 Å². The van der Waals surface area contributed by atoms with Crippen molar-refractivity contribution in [1.82, 2.24) is 10.0 Å². The van der Waals surface area contributed by atoms with E-state index in [0.29, 0.717) is 24.4 Å². The molecule has 7 nitrogen and oxygen atoms in total. The number of nitrogens with one attached hydrogen (secondary N) is 2. The van der Waals surface area contributed by atoms with Crippen molar-refractivity contribution >= 4 is 33.3 Å². The topological polar surface area (TPSA) is 93.7 Å². The number of hydrogen-bond acceptors (Lipinski definition) is 6. The second-order valence-electron chi connectivity index (χ2n) is 8.68. The van der Waals surface area contributed by atoms with Crippen molar-refractivity contribution in [3.8, 4) is 5.75 Å². The molecular weight excluding hydrogens is 447 g/mol. The largest absolute Gasteiger partial charge is 0.454 e. The van der Waals surface area contributed by atoms with Crippen molar-refractivity contribution in [1.29, 1.82) is 0 Å². The van der Waals surface area contributed by atoms with Gasteiger partial charge in [0.15, 0.2) is 11.0 Å². The van der Waals surface area contributed by atoms with Crippen LogP contribution in [0.2, 0.25) is 0 Å². The Morgan fingerprint density at radius 3 is 2.76 bits per heavy atom. The fourth-order valence-electron chi connectivity index (χ4n) is 4.32. The fraction of sp³-hybridized carbons (Fsp3) is 0.500. The minimum Gasteiger partial charge on any atom is -0.454 e. The molecule has 1 saturated carbocycles. The summed E-state index contributed by atoms with van der Waals surface area (Å²) < 4.78 is 41.5. The number of carbonyl (C=O) groups excluding carboxylic acids is 2. The third kappa shape index (κ3) is 5.35. The number of rotatable bonds is 9. The van der Waals surface area contributed by atoms with Crippen LogP contribution in [-0.4, -0.2) is 35.0 Å². The second kappa shape index (κ2) is 10.2. The molecule has 33 heavy (non-hydrogen) atoms. The number of carbonyl (C=O) groups is 2. The summed E-state index contributed by atoms with van der Waals surface area (Å²) >= 11 is 0. The van der Waals surface area contributed by atoms with Gasteiger partial charge in [-0.05, 0) is 36.5 Å². The van der Waals surface area contributed by atoms with Gasteiger partial charge in [0, 0.05) is 37.6 Å². The van der Waals surface area contributed by atoms with Crippen LogP contribution in [0.1, 0.15) is 63.5 Å². The standard InChI is InChI=1S/C24H29FN2O5S/c1-3-5-22(29)32-14(2)31-19-9-8-18(16-11-17(26-13-16)10-15-6-4-7-15)24(25)23(19)20-12-21(28)27-33(20)30/h8-9,11-12,14-15,17,26H,3-7,10,13H2,1-2H3,(H,27,28). The van der Waals surface area contributed by atoms with E-state index >= 15 is 4.39 Å². The molecule has 3 unspecified atom stereocenters. The van der Waals surface area contributed by atoms with E-state index in [1.54, 1.807) is 12.1 Å². The molecule has 2 N–H and O–H groups in total. The van der Waals surface area contributed by atoms with Gasteiger partial charge >= 0.3 is 5.97 Å². The summed E-state index contributed by atoms with van der Waals surface area (Å²) in [5, 5.41) is 3.43. The predicted molar refractivity (Wildman–Crippen MR) is 123 cm³/mol. The predicted octanol–water partition coefficient (Wildman–Crippen LogP) is 3.57. The normalized spacial score (nSPS) is 23.4. The minimum atomic E-state index is -1.91. The van der Waals surface area contributed by atoms with Crippen LogP contribution in [0, 0.1) is 11.7 Å². The Morgan fingerprint density at radius 1 is 1.33 bits per heavy atom. The Hall–Kier alpha value is -2.52. The van der Waals surface area contributed by atoms with Crippen molar-refractivity contribution in [2.75, 3.05) is 6.54 Å². The van der Waals surface area contributed by atoms with Crippen LogP contribution in [0.5, 0.6) is 5.75 Å². The van der Waals surface area contributed by atoms with Gasteiger partial charge in [0.1, 0.15) is 11.6 Å². The number of benzene rings is 1. The smallest absolute Gasteiger partial charge is 0.308 e. The Balaban J connectivity index is 1.64. The molecule has 9 heteroatoms. The van der Waals surface area contributed by atoms with Crippen molar-refractivity contribution in [2.24, 2.45) is 5.92 Å². The molecule has 1 amide bonds. The zero-order valence-corrected chi connectivity index (χ0v) is 19.6. The molecule has 2 aliphatic heterocycles. The maximum absolute atomic E-state index is 15.9. The molecule has 178 valence electrons. The third-order valence-corrected chi connectivity index (χ3v) is 7.27. The maximum Gasteiger partial charge on any atom is 0.308 e. The highest BCUT2D eigenvalue weighted by atomic mass is 32.2. The Kier molecular flexibility index (Phi) is 7.29. The lowest BCUT2D eigenvalue weighted by Gasteiger charge is -2.27. The van der Waals surface area contributed by atoms with Crippen LogP contribution in [0.15, 0.2) is 24.3 Å². The molecule has 1 aromatic carbocycles. The first kappa shape index (κ1) is 23.6. The monoisotopic (exact) mass is 476 g/mol. The van der Waals surface area contributed by atoms with E-state index in [4.69, 9.17) is 9.47 Å². The Bertz CT molecular complexity index is 1030. The average Bonchev–Trinajstić information content (AvgIpc) is 3.31. The molecular formula is C24H29FN2O5S. The van der Waals surface area contributed by atoms with Crippen molar-refractivity contribution < 1.29 is 27.7 Å². The minimum absolute atomic E-state index is 0.000918. The van der Waals surface area contributed by atoms with E-state index in [2.05, 4.69) is 16.1 Å². The lowest BCUT2D eigenvalue weighted by molar-refractivity contribution is -0.161. The summed E-state index contributed by atoms with van der Waals surface area (Å²) in [6.45, 7) is 3.91. The van der Waals surface area contributed by atoms with Crippen LogP contribution in [0.4, 0.5) is 4.39 Å². The van der Waals surface area contributed by atoms with Gasteiger partial charge in [0.05, 0.1) is 10.5 Å². The van der Waals surface area contributed by atoms with Gasteiger partial charge in [-0.3, -0.25) is 14.3 Å². The summed E-state index contributed by atoms with van der Waals surface area (Å²) in [4.78, 5) is 23.6. The summed E-state index contributed by atoms with van der Waals surface area (Å²) in [5.74, 6) is -0.836. The molecule has 1 aliphatic carbocycles. The molecule has 2 heterocycles. The first-order valence-electron chi connectivity index (χ1n) is 11.4. The molecule has 0 spiro atoms. The summed E-state index contributed by atoms with van der Waals surface area (Å²) in [5.41, 5.74) is 1.12. The van der Waals surface area contributed by atoms with Gasteiger partial charge in [0.2, 0.25) is 6.29 Å². The maximum atomic E-state index is 15.9. The quantitative estimate of drug-likeness (QED) is 0.418. The molecule has 3 aliphatic rings. The van der Waals surface area contributed by atoms with E-state index in [9.17, 15) is 13.8 Å². The van der Waals surface area contributed by atoms with Crippen LogP contribution in [0.3, 0.4) is 0 Å². The highest BCUT2D eigenvalue weighted by Crippen LogP contribution is 2.38. The lowest BCUT2D eigenvalue weighted by atomic mass is 9.81. The highest BCUT2D eigenvalue weighted by molar-refractivity contribution is 7.94. The highest BCUT2D eigenvalue weighted by Gasteiger charge is 2.31. The SMILES string of the molecule is CCCC(=O)OC(C)Oc1ccc(C2=CC(CC3CCC3)NC2)c(F)c1C1=CC(=O)NS1=O. The molecule has 3 atom stereocenters. The van der Waals surface area contributed by atoms with Crippen LogP contribution in [-0.2, 0) is 25.3 Å². The summed E-state index contributed by atoms with van der Waals surface area (Å²) in [6, 6.07) is 3.38. The van der Waals surface area contributed by atoms with Crippen LogP contribution in [0.25, 0.3) is 10.5 Å². The van der Waals surface area contributed by atoms with E-state index in [-0.39, 0.29) is 28.7 Å². The number of halogens is 1. The average molecular weight is 477 g/mol. The number of ether oxygens (including phenoxy) is 2. The van der Waals surface area contributed by atoms with Gasteiger partial charge < -0.3 is 14.8 Å². The second-order valence-corrected chi connectivity index (χ2v) is 9.86. The Labute approximate surface area is 195 Å². The van der Waals surface area contributed by atoms with E-state index in [0.717, 1.165) is 18.1 Å². The first-order valence-corrected chi connectivity index (χ1v) is 12.6. The summed E-state index contributed by atoms with van der Waals surface area (Å²) in [7, 11) is -1.91. The Morgan fingerprint density at radius 2 is 2.12 bits per heavy atom. The first-order chi connectivity index (χ1) is 15.9. The zero-order chi connectivity index (χ0) is 23.5. The van der Waals surface area contributed by atoms with E-state index in [1.807, 2.05) is 6.92 Å². The molecule has 0 radical (unpaired) electrons. The third-order valence-electron chi connectivity index (χ3n) is 6.16. The molecule has 0 saturated heterocycles. The molecule has 1 aromatic rings. The van der Waals surface area contributed by atoms with Gasteiger partial charge in [-0.15, -0.1) is 0 Å². The molecule has 1 fully saturated rings. The molecule has 0 bridgehead atoms. The number of amides is 1. The van der Waals surface area contributed by atoms with E-state index < -0.39 is 35.0 Å². The van der Waals surface area contributed by atoms with Crippen molar-refractivity contribution in [3.05, 3.63) is 41.2 Å². The van der Waals surface area contributed by atoms with Gasteiger partial charge in [-0.1, -0.05) is 32.3 Å². The lowest BCUT2D eigenvalue weighted by Crippen LogP contribution is -2.27. The van der Waals surface area contributed by atoms with Crippen molar-refractivity contribution in [2.45, 2.75) is 64.7 Å². The fourth-order valence-corrected chi connectivity index (χ4v) is 5.27. The molecule has 4 rings (SSSR count). The summed E-state index contributed by atoms with van der Waals surface area (Å²) in [6.07, 6.45) is 7.86. The van der Waals surface area contributed by atoms with Gasteiger partial charge in [-0.2, -0.15) is 0 Å². The van der Waals surface area contributed by atoms with E-state index in [1.165, 1.54) is 26.2 Å². The number of esters is 1. The van der Waals surface area contributed by atoms with Gasteiger partial charge in [-0.25, -0.2) is 8.60 Å². The molecule has 0 aromatic heterocycles.